The molecule has 0 bridgehead atoms. The van der Waals surface area contributed by atoms with Crippen molar-refractivity contribution < 1.29 is 34.4 Å². The molecular formula is C29H36O7. The van der Waals surface area contributed by atoms with Crippen molar-refractivity contribution in [3.05, 3.63) is 53.6 Å². The highest BCUT2D eigenvalue weighted by atomic mass is 16.7. The average molecular weight is 497 g/mol. The normalized spacial score (nSPS) is 43.1. The van der Waals surface area contributed by atoms with Crippen LogP contribution < -0.4 is 0 Å². The Morgan fingerprint density at radius 3 is 2.53 bits per heavy atom. The van der Waals surface area contributed by atoms with Gasteiger partial charge in [-0.2, -0.15) is 0 Å². The van der Waals surface area contributed by atoms with Crippen LogP contribution in [0, 0.1) is 28.6 Å². The Labute approximate surface area is 211 Å². The summed E-state index contributed by atoms with van der Waals surface area (Å²) >= 11 is 0. The first-order valence-corrected chi connectivity index (χ1v) is 12.9. The van der Waals surface area contributed by atoms with Crippen LogP contribution in [0.1, 0.15) is 58.9 Å². The van der Waals surface area contributed by atoms with Gasteiger partial charge in [-0.1, -0.05) is 64.4 Å². The Morgan fingerprint density at radius 2 is 1.83 bits per heavy atom. The number of aliphatic hydroxyl groups is 3. The van der Waals surface area contributed by atoms with E-state index in [9.17, 15) is 24.9 Å². The molecule has 3 N–H and O–H groups in total. The van der Waals surface area contributed by atoms with Crippen molar-refractivity contribution in [3.8, 4) is 0 Å². The largest absolute Gasteiger partial charge is 0.453 e. The summed E-state index contributed by atoms with van der Waals surface area (Å²) in [6.45, 7) is 7.72. The summed E-state index contributed by atoms with van der Waals surface area (Å²) in [7, 11) is 0. The predicted molar refractivity (Wildman–Crippen MR) is 132 cm³/mol. The number of benzene rings is 1. The van der Waals surface area contributed by atoms with Crippen molar-refractivity contribution in [1.29, 1.82) is 0 Å². The van der Waals surface area contributed by atoms with E-state index in [0.29, 0.717) is 18.4 Å². The Kier molecular flexibility index (Phi) is 5.78. The summed E-state index contributed by atoms with van der Waals surface area (Å²) in [4.78, 5) is 25.2. The molecule has 1 aliphatic heterocycles. The molecule has 0 radical (unpaired) electrons. The molecule has 5 rings (SSSR count). The summed E-state index contributed by atoms with van der Waals surface area (Å²) in [5.74, 6) is -4.22. The van der Waals surface area contributed by atoms with Gasteiger partial charge in [0.15, 0.2) is 6.10 Å². The van der Waals surface area contributed by atoms with Crippen LogP contribution >= 0.6 is 0 Å². The van der Waals surface area contributed by atoms with Gasteiger partial charge in [-0.15, -0.1) is 0 Å². The summed E-state index contributed by atoms with van der Waals surface area (Å²) in [5, 5.41) is 35.7. The second kappa shape index (κ2) is 8.27. The van der Waals surface area contributed by atoms with Crippen molar-refractivity contribution in [2.75, 3.05) is 0 Å². The number of esters is 2. The number of rotatable bonds is 3. The average Bonchev–Trinajstić information content (AvgIpc) is 3.13. The van der Waals surface area contributed by atoms with E-state index < -0.39 is 58.2 Å². The SMILES string of the molecule is C[C@@H]1C2=CC(=O)O[C@@]2(O)C[C@@H]2[C@H]1[C@@H](O)[C@@H](OC(=O)C=Cc1ccccc1)[C@@]1(O)C(C)(C)CCC[C@]21C. The highest BCUT2D eigenvalue weighted by Crippen LogP contribution is 2.68. The van der Waals surface area contributed by atoms with E-state index in [1.807, 2.05) is 58.0 Å². The fraction of sp³-hybridized carbons (Fsp3) is 0.586. The van der Waals surface area contributed by atoms with Gasteiger partial charge in [0.25, 0.3) is 0 Å². The van der Waals surface area contributed by atoms with Gasteiger partial charge < -0.3 is 24.8 Å². The quantitative estimate of drug-likeness (QED) is 0.434. The molecule has 36 heavy (non-hydrogen) atoms. The van der Waals surface area contributed by atoms with Crippen LogP contribution in [0.25, 0.3) is 6.08 Å². The third-order valence-electron chi connectivity index (χ3n) is 9.81. The molecule has 0 spiro atoms. The van der Waals surface area contributed by atoms with Crippen molar-refractivity contribution in [2.24, 2.45) is 28.6 Å². The van der Waals surface area contributed by atoms with E-state index in [0.717, 1.165) is 12.0 Å². The van der Waals surface area contributed by atoms with E-state index in [1.165, 1.54) is 12.2 Å². The molecular weight excluding hydrogens is 460 g/mol. The van der Waals surface area contributed by atoms with Gasteiger partial charge in [-0.25, -0.2) is 9.59 Å². The Morgan fingerprint density at radius 1 is 1.14 bits per heavy atom. The highest BCUT2D eigenvalue weighted by molar-refractivity contribution is 5.87. The highest BCUT2D eigenvalue weighted by Gasteiger charge is 2.74. The standard InChI is InChI=1S/C29H36O7/c1-17-19-15-22(31)36-28(19,33)16-20-23(17)24(32)25(29(34)26(2,3)13-8-14-27(20,29)4)35-21(30)12-11-18-9-6-5-7-10-18/h5-7,9-12,15,17,20,23-25,32-34H,8,13-14,16H2,1-4H3/t17-,20-,23+,24-,25-,27-,28+,29-/m1/s1. The first-order valence-electron chi connectivity index (χ1n) is 12.9. The third-order valence-corrected chi connectivity index (χ3v) is 9.81. The molecule has 0 aromatic heterocycles. The van der Waals surface area contributed by atoms with Crippen LogP contribution in [-0.4, -0.2) is 50.9 Å². The van der Waals surface area contributed by atoms with Crippen molar-refractivity contribution in [3.63, 3.8) is 0 Å². The summed E-state index contributed by atoms with van der Waals surface area (Å²) < 4.78 is 11.3. The number of carbonyl (C=O) groups is 2. The Hall–Kier alpha value is -2.48. The molecule has 7 heteroatoms. The fourth-order valence-corrected chi connectivity index (χ4v) is 8.04. The zero-order chi connectivity index (χ0) is 26.1. The lowest BCUT2D eigenvalue weighted by molar-refractivity contribution is -0.330. The van der Waals surface area contributed by atoms with E-state index in [4.69, 9.17) is 9.47 Å². The monoisotopic (exact) mass is 496 g/mol. The van der Waals surface area contributed by atoms with Gasteiger partial charge in [0.05, 0.1) is 6.10 Å². The van der Waals surface area contributed by atoms with E-state index >= 15 is 0 Å². The molecule has 3 saturated carbocycles. The summed E-state index contributed by atoms with van der Waals surface area (Å²) in [5.41, 5.74) is -1.80. The molecule has 0 amide bonds. The number of aliphatic hydroxyl groups excluding tert-OH is 1. The molecule has 194 valence electrons. The molecule has 1 aromatic carbocycles. The molecule has 7 nitrogen and oxygen atoms in total. The zero-order valence-corrected chi connectivity index (χ0v) is 21.3. The van der Waals surface area contributed by atoms with Crippen LogP contribution in [0.3, 0.4) is 0 Å². The molecule has 3 fully saturated rings. The van der Waals surface area contributed by atoms with E-state index in [-0.39, 0.29) is 12.3 Å². The number of hydrogen-bond acceptors (Lipinski definition) is 7. The Balaban J connectivity index is 1.56. The summed E-state index contributed by atoms with van der Waals surface area (Å²) in [6, 6.07) is 9.35. The van der Waals surface area contributed by atoms with Crippen LogP contribution in [0.5, 0.6) is 0 Å². The minimum absolute atomic E-state index is 0.0834. The van der Waals surface area contributed by atoms with Gasteiger partial charge in [-0.3, -0.25) is 0 Å². The number of ether oxygens (including phenoxy) is 2. The summed E-state index contributed by atoms with van der Waals surface area (Å²) in [6.07, 6.45) is 4.14. The van der Waals surface area contributed by atoms with Crippen LogP contribution in [0.2, 0.25) is 0 Å². The minimum atomic E-state index is -1.75. The van der Waals surface area contributed by atoms with Gasteiger partial charge >= 0.3 is 11.9 Å². The second-order valence-corrected chi connectivity index (χ2v) is 12.0. The van der Waals surface area contributed by atoms with Gasteiger partial charge in [-0.05, 0) is 47.6 Å². The lowest BCUT2D eigenvalue weighted by atomic mass is 9.39. The molecule has 0 saturated heterocycles. The molecule has 1 aromatic rings. The maximum absolute atomic E-state index is 13.0. The smallest absolute Gasteiger partial charge is 0.333 e. The molecule has 0 unspecified atom stereocenters. The van der Waals surface area contributed by atoms with Crippen molar-refractivity contribution in [2.45, 2.75) is 77.0 Å². The molecule has 1 heterocycles. The fourth-order valence-electron chi connectivity index (χ4n) is 8.04. The maximum Gasteiger partial charge on any atom is 0.333 e. The van der Waals surface area contributed by atoms with Crippen molar-refractivity contribution in [1.82, 2.24) is 0 Å². The van der Waals surface area contributed by atoms with E-state index in [2.05, 4.69) is 0 Å². The van der Waals surface area contributed by atoms with Gasteiger partial charge in [0.2, 0.25) is 5.79 Å². The predicted octanol–water partition coefficient (Wildman–Crippen LogP) is 3.38. The lowest BCUT2D eigenvalue weighted by Gasteiger charge is -2.69. The van der Waals surface area contributed by atoms with Crippen molar-refractivity contribution >= 4 is 18.0 Å². The van der Waals surface area contributed by atoms with Gasteiger partial charge in [0.1, 0.15) is 5.60 Å². The third kappa shape index (κ3) is 3.43. The first kappa shape index (κ1) is 25.2. The molecule has 4 aliphatic rings. The Bertz CT molecular complexity index is 1120. The second-order valence-electron chi connectivity index (χ2n) is 12.0. The van der Waals surface area contributed by atoms with E-state index in [1.54, 1.807) is 6.08 Å². The van der Waals surface area contributed by atoms with Crippen LogP contribution in [-0.2, 0) is 19.1 Å². The van der Waals surface area contributed by atoms with Crippen LogP contribution in [0.4, 0.5) is 0 Å². The number of fused-ring (bicyclic) bond motifs is 4. The number of carbonyl (C=O) groups excluding carboxylic acids is 2. The van der Waals surface area contributed by atoms with Gasteiger partial charge in [0, 0.05) is 29.6 Å². The minimum Gasteiger partial charge on any atom is -0.453 e. The zero-order valence-electron chi connectivity index (χ0n) is 21.3. The molecule has 3 aliphatic carbocycles. The maximum atomic E-state index is 13.0. The number of hydrogen-bond donors (Lipinski definition) is 3. The first-order chi connectivity index (χ1) is 16.8. The lowest BCUT2D eigenvalue weighted by Crippen LogP contribution is -2.77. The molecule has 8 atom stereocenters. The topological polar surface area (TPSA) is 113 Å². The van der Waals surface area contributed by atoms with Crippen LogP contribution in [0.15, 0.2) is 48.1 Å².